The van der Waals surface area contributed by atoms with Crippen molar-refractivity contribution in [1.82, 2.24) is 0 Å². The molecule has 2 fully saturated rings. The van der Waals surface area contributed by atoms with Gasteiger partial charge in [0.15, 0.2) is 5.78 Å². The summed E-state index contributed by atoms with van der Waals surface area (Å²) in [6.07, 6.45) is 6.28. The summed E-state index contributed by atoms with van der Waals surface area (Å²) < 4.78 is 6.15. The van der Waals surface area contributed by atoms with Crippen LogP contribution in [-0.2, 0) is 14.3 Å². The number of ether oxygens (including phenoxy) is 1. The monoisotopic (exact) mass is 414 g/mol. The highest BCUT2D eigenvalue weighted by molar-refractivity contribution is 6.04. The Morgan fingerprint density at radius 1 is 1.23 bits per heavy atom. The van der Waals surface area contributed by atoms with Gasteiger partial charge in [-0.3, -0.25) is 4.79 Å². The maximum atomic E-state index is 12.9. The number of fused-ring (bicyclic) bond motifs is 5. The number of hydrogen-bond donors (Lipinski definition) is 2. The smallest absolute Gasteiger partial charge is 0.333 e. The lowest BCUT2D eigenvalue weighted by molar-refractivity contribution is -0.185. The van der Waals surface area contributed by atoms with Gasteiger partial charge in [0.25, 0.3) is 0 Å². The second kappa shape index (κ2) is 6.17. The van der Waals surface area contributed by atoms with Crippen molar-refractivity contribution in [3.63, 3.8) is 0 Å². The normalized spacial score (nSPS) is 46.7. The summed E-state index contributed by atoms with van der Waals surface area (Å²) in [7, 11) is 0. The van der Waals surface area contributed by atoms with Crippen molar-refractivity contribution in [2.24, 2.45) is 29.1 Å². The van der Waals surface area contributed by atoms with Crippen molar-refractivity contribution in [3.8, 4) is 0 Å². The number of hydrogen-bond acceptors (Lipinski definition) is 5. The molecule has 0 aliphatic heterocycles. The number of aliphatic hydroxyl groups is 2. The van der Waals surface area contributed by atoms with Gasteiger partial charge in [-0.15, -0.1) is 0 Å². The maximum Gasteiger partial charge on any atom is 0.333 e. The first-order chi connectivity index (χ1) is 13.8. The molecule has 0 aromatic rings. The zero-order valence-electron chi connectivity index (χ0n) is 19.1. The van der Waals surface area contributed by atoms with E-state index in [1.165, 1.54) is 0 Å². The van der Waals surface area contributed by atoms with E-state index < -0.39 is 22.7 Å². The van der Waals surface area contributed by atoms with Crippen molar-refractivity contribution < 1.29 is 24.5 Å². The molecule has 5 heteroatoms. The summed E-state index contributed by atoms with van der Waals surface area (Å²) in [5.41, 5.74) is -1.91. The summed E-state index contributed by atoms with van der Waals surface area (Å²) in [6.45, 7) is 13.3. The number of esters is 1. The second-order valence-corrected chi connectivity index (χ2v) is 10.7. The molecule has 2 saturated carbocycles. The Bertz CT molecular complexity index is 924. The SMILES string of the molecule is C/C=C(\C)C(=O)O[C@@]12C[C@@H](C)[C@@]3(O)[C@@H](C=C(C)C[C@]4(O)C(=O)C(C)=C[C@@H]34)[C@@H]1C2(C)C. The van der Waals surface area contributed by atoms with E-state index in [0.29, 0.717) is 17.6 Å². The molecule has 0 aromatic carbocycles. The van der Waals surface area contributed by atoms with E-state index in [9.17, 15) is 19.8 Å². The minimum Gasteiger partial charge on any atom is -0.455 e. The molecule has 4 rings (SSSR count). The van der Waals surface area contributed by atoms with Crippen LogP contribution >= 0.6 is 0 Å². The van der Waals surface area contributed by atoms with Crippen LogP contribution in [0.4, 0.5) is 0 Å². The van der Waals surface area contributed by atoms with Crippen molar-refractivity contribution in [2.75, 3.05) is 0 Å². The second-order valence-electron chi connectivity index (χ2n) is 10.7. The Balaban J connectivity index is 1.83. The van der Waals surface area contributed by atoms with E-state index in [0.717, 1.165) is 5.57 Å². The van der Waals surface area contributed by atoms with Crippen molar-refractivity contribution in [3.05, 3.63) is 34.9 Å². The maximum absolute atomic E-state index is 12.9. The zero-order valence-corrected chi connectivity index (χ0v) is 19.1. The van der Waals surface area contributed by atoms with Gasteiger partial charge in [0.1, 0.15) is 11.2 Å². The molecule has 164 valence electrons. The van der Waals surface area contributed by atoms with Crippen LogP contribution in [0.1, 0.15) is 61.3 Å². The van der Waals surface area contributed by atoms with E-state index in [2.05, 4.69) is 13.8 Å². The molecule has 0 bridgehead atoms. The van der Waals surface area contributed by atoms with Gasteiger partial charge in [0.05, 0.1) is 5.60 Å². The van der Waals surface area contributed by atoms with E-state index in [4.69, 9.17) is 4.74 Å². The largest absolute Gasteiger partial charge is 0.455 e. The molecule has 4 aliphatic carbocycles. The van der Waals surface area contributed by atoms with Crippen LogP contribution in [0.15, 0.2) is 34.9 Å². The first-order valence-electron chi connectivity index (χ1n) is 11.0. The summed E-state index contributed by atoms with van der Waals surface area (Å²) >= 11 is 0. The quantitative estimate of drug-likeness (QED) is 0.410. The Hall–Kier alpha value is -1.72. The summed E-state index contributed by atoms with van der Waals surface area (Å²) in [5.74, 6) is -1.95. The number of rotatable bonds is 2. The zero-order chi connectivity index (χ0) is 22.4. The molecule has 0 aromatic heterocycles. The van der Waals surface area contributed by atoms with Gasteiger partial charge in [-0.25, -0.2) is 4.79 Å². The van der Waals surface area contributed by atoms with Gasteiger partial charge < -0.3 is 14.9 Å². The highest BCUT2D eigenvalue weighted by Crippen LogP contribution is 2.76. The van der Waals surface area contributed by atoms with Crippen molar-refractivity contribution in [1.29, 1.82) is 0 Å². The number of carbonyl (C=O) groups is 2. The van der Waals surface area contributed by atoms with Crippen LogP contribution < -0.4 is 0 Å². The van der Waals surface area contributed by atoms with Crippen LogP contribution in [0.5, 0.6) is 0 Å². The lowest BCUT2D eigenvalue weighted by Crippen LogP contribution is -2.61. The Labute approximate surface area is 178 Å². The summed E-state index contributed by atoms with van der Waals surface area (Å²) in [4.78, 5) is 25.6. The highest BCUT2D eigenvalue weighted by Gasteiger charge is 2.83. The lowest BCUT2D eigenvalue weighted by atomic mass is 9.60. The fourth-order valence-electron chi connectivity index (χ4n) is 6.98. The molecule has 0 heterocycles. The van der Waals surface area contributed by atoms with Crippen LogP contribution in [-0.4, -0.2) is 38.8 Å². The van der Waals surface area contributed by atoms with E-state index >= 15 is 0 Å². The van der Waals surface area contributed by atoms with Crippen LogP contribution in [0.2, 0.25) is 0 Å². The van der Waals surface area contributed by atoms with Gasteiger partial charge >= 0.3 is 5.97 Å². The molecule has 0 amide bonds. The molecule has 0 unspecified atom stereocenters. The number of allylic oxidation sites excluding steroid dienone is 1. The lowest BCUT2D eigenvalue weighted by Gasteiger charge is -2.50. The molecule has 0 saturated heterocycles. The Morgan fingerprint density at radius 3 is 2.47 bits per heavy atom. The molecule has 0 spiro atoms. The Morgan fingerprint density at radius 2 is 1.87 bits per heavy atom. The minimum absolute atomic E-state index is 0.0819. The average molecular weight is 415 g/mol. The third-order valence-electron chi connectivity index (χ3n) is 8.80. The van der Waals surface area contributed by atoms with Crippen molar-refractivity contribution in [2.45, 2.75) is 78.1 Å². The van der Waals surface area contributed by atoms with Gasteiger partial charge in [-0.1, -0.05) is 44.6 Å². The summed E-state index contributed by atoms with van der Waals surface area (Å²) in [5, 5.41) is 23.7. The van der Waals surface area contributed by atoms with Gasteiger partial charge in [0.2, 0.25) is 0 Å². The van der Waals surface area contributed by atoms with E-state index in [1.54, 1.807) is 26.0 Å². The molecule has 7 atom stereocenters. The molecule has 5 nitrogen and oxygen atoms in total. The predicted octanol–water partition coefficient (Wildman–Crippen LogP) is 3.50. The molecule has 2 N–H and O–H groups in total. The van der Waals surface area contributed by atoms with Gasteiger partial charge in [-0.2, -0.15) is 0 Å². The number of ketones is 1. The average Bonchev–Trinajstić information content (AvgIpc) is 3.06. The van der Waals surface area contributed by atoms with Crippen LogP contribution in [0.25, 0.3) is 0 Å². The first kappa shape index (κ1) is 21.5. The number of carbonyl (C=O) groups excluding carboxylic acids is 2. The van der Waals surface area contributed by atoms with E-state index in [1.807, 2.05) is 26.8 Å². The third-order valence-corrected chi connectivity index (χ3v) is 8.80. The predicted molar refractivity (Wildman–Crippen MR) is 113 cm³/mol. The van der Waals surface area contributed by atoms with Gasteiger partial charge in [-0.05, 0) is 45.6 Å². The summed E-state index contributed by atoms with van der Waals surface area (Å²) in [6, 6.07) is 0. The van der Waals surface area contributed by atoms with Crippen molar-refractivity contribution >= 4 is 11.8 Å². The Kier molecular flexibility index (Phi) is 4.42. The third kappa shape index (κ3) is 2.36. The van der Waals surface area contributed by atoms with Gasteiger partial charge in [0, 0.05) is 35.2 Å². The standard InChI is InChI=1S/C25H34O5/c1-8-14(3)21(27)30-24-12-16(5)25(29)17(19(24)22(24,6)7)9-13(2)11-23(28)18(25)10-15(4)20(23)26/h8-10,16-19,28-29H,11-12H2,1-7H3/b14-8+/t16-,17+,18-,19-,23-,24+,25-/m1/s1. The minimum atomic E-state index is -1.61. The molecule has 30 heavy (non-hydrogen) atoms. The first-order valence-corrected chi connectivity index (χ1v) is 11.0. The molecule has 0 radical (unpaired) electrons. The molecular formula is C25H34O5. The molecule has 4 aliphatic rings. The van der Waals surface area contributed by atoms with Crippen LogP contribution in [0.3, 0.4) is 0 Å². The van der Waals surface area contributed by atoms with E-state index in [-0.39, 0.29) is 41.3 Å². The highest BCUT2D eigenvalue weighted by atomic mass is 16.6. The molecular weight excluding hydrogens is 380 g/mol. The van der Waals surface area contributed by atoms with Crippen LogP contribution in [0, 0.1) is 29.1 Å². The fraction of sp³-hybridized carbons (Fsp3) is 0.680. The fourth-order valence-corrected chi connectivity index (χ4v) is 6.98. The topological polar surface area (TPSA) is 83.8 Å². The number of Topliss-reactive ketones (excluding diaryl/α,β-unsaturated/α-hetero) is 1.